The van der Waals surface area contributed by atoms with Gasteiger partial charge in [0.2, 0.25) is 0 Å². The molecule has 0 aliphatic heterocycles. The minimum Gasteiger partial charge on any atom is -0.493 e. The molecule has 0 unspecified atom stereocenters. The maximum atomic E-state index is 11.4. The molecule has 1 aromatic rings. The van der Waals surface area contributed by atoms with E-state index in [0.29, 0.717) is 12.9 Å². The Balaban J connectivity index is 3.55. The first kappa shape index (κ1) is 12.8. The van der Waals surface area contributed by atoms with Crippen LogP contribution in [0.4, 0.5) is 5.69 Å². The summed E-state index contributed by atoms with van der Waals surface area (Å²) < 4.78 is 5.15. The second-order valence-corrected chi connectivity index (χ2v) is 3.24. The lowest BCUT2D eigenvalue weighted by Crippen LogP contribution is -2.07. The van der Waals surface area contributed by atoms with Crippen LogP contribution in [0.1, 0.15) is 34.6 Å². The summed E-state index contributed by atoms with van der Waals surface area (Å²) in [5.41, 5.74) is -0.674. The number of hydrogen-bond donors (Lipinski definition) is 0. The number of benzene rings is 1. The van der Waals surface area contributed by atoms with Gasteiger partial charge in [-0.25, -0.2) is 0 Å². The average Bonchev–Trinajstić information content (AvgIpc) is 2.28. The molecule has 0 aliphatic carbocycles. The fourth-order valence-corrected chi connectivity index (χ4v) is 1.51. The zero-order valence-corrected chi connectivity index (χ0v) is 9.43. The fourth-order valence-electron chi connectivity index (χ4n) is 1.51. The molecule has 1 aromatic carbocycles. The molecule has 6 heteroatoms. The van der Waals surface area contributed by atoms with Crippen LogP contribution in [-0.2, 0) is 0 Å². The summed E-state index contributed by atoms with van der Waals surface area (Å²) in [5.74, 6) is -0.362. The van der Waals surface area contributed by atoms with E-state index in [1.807, 2.05) is 0 Å². The number of rotatable bonds is 5. The summed E-state index contributed by atoms with van der Waals surface area (Å²) in [7, 11) is 0. The Labute approximate surface area is 97.3 Å². The highest BCUT2D eigenvalue weighted by molar-refractivity contribution is 6.06. The average molecular weight is 237 g/mol. The van der Waals surface area contributed by atoms with E-state index in [0.717, 1.165) is 6.07 Å². The van der Waals surface area contributed by atoms with E-state index < -0.39 is 10.7 Å². The SMILES string of the molecule is CCOc1ccc([N+](=O)[O-])c(C(C)=O)c1C=O. The topological polar surface area (TPSA) is 86.5 Å². The molecule has 0 aromatic heterocycles. The second kappa shape index (κ2) is 5.20. The van der Waals surface area contributed by atoms with Gasteiger partial charge in [0.15, 0.2) is 12.1 Å². The normalized spacial score (nSPS) is 9.76. The zero-order chi connectivity index (χ0) is 13.0. The van der Waals surface area contributed by atoms with Gasteiger partial charge in [0.05, 0.1) is 17.1 Å². The smallest absolute Gasteiger partial charge is 0.281 e. The molecule has 0 atom stereocenters. The summed E-state index contributed by atoms with van der Waals surface area (Å²) in [4.78, 5) is 32.4. The van der Waals surface area contributed by atoms with Crippen LogP contribution in [0, 0.1) is 10.1 Å². The molecule has 0 fully saturated rings. The van der Waals surface area contributed by atoms with Gasteiger partial charge in [0, 0.05) is 6.07 Å². The molecule has 90 valence electrons. The number of hydrogen-bond acceptors (Lipinski definition) is 5. The van der Waals surface area contributed by atoms with Crippen molar-refractivity contribution in [2.24, 2.45) is 0 Å². The first-order valence-electron chi connectivity index (χ1n) is 4.93. The third kappa shape index (κ3) is 2.47. The Morgan fingerprint density at radius 3 is 2.59 bits per heavy atom. The molecular weight excluding hydrogens is 226 g/mol. The summed E-state index contributed by atoms with van der Waals surface area (Å²) >= 11 is 0. The molecule has 0 bridgehead atoms. The second-order valence-electron chi connectivity index (χ2n) is 3.24. The van der Waals surface area contributed by atoms with Crippen molar-refractivity contribution in [2.45, 2.75) is 13.8 Å². The van der Waals surface area contributed by atoms with Crippen molar-refractivity contribution in [3.05, 3.63) is 33.4 Å². The molecule has 0 saturated heterocycles. The van der Waals surface area contributed by atoms with Crippen molar-refractivity contribution in [2.75, 3.05) is 6.61 Å². The van der Waals surface area contributed by atoms with E-state index in [4.69, 9.17) is 4.74 Å². The highest BCUT2D eigenvalue weighted by Gasteiger charge is 2.24. The van der Waals surface area contributed by atoms with Gasteiger partial charge in [-0.3, -0.25) is 19.7 Å². The van der Waals surface area contributed by atoms with Crippen LogP contribution in [0.5, 0.6) is 5.75 Å². The van der Waals surface area contributed by atoms with Crippen molar-refractivity contribution < 1.29 is 19.2 Å². The van der Waals surface area contributed by atoms with Gasteiger partial charge >= 0.3 is 0 Å². The van der Waals surface area contributed by atoms with E-state index in [1.54, 1.807) is 6.92 Å². The van der Waals surface area contributed by atoms with Crippen LogP contribution < -0.4 is 4.74 Å². The lowest BCUT2D eigenvalue weighted by molar-refractivity contribution is -0.385. The van der Waals surface area contributed by atoms with Gasteiger partial charge in [-0.2, -0.15) is 0 Å². The Morgan fingerprint density at radius 1 is 1.53 bits per heavy atom. The zero-order valence-electron chi connectivity index (χ0n) is 9.43. The third-order valence-corrected chi connectivity index (χ3v) is 2.15. The Morgan fingerprint density at radius 2 is 2.18 bits per heavy atom. The number of nitrogens with zero attached hydrogens (tertiary/aromatic N) is 1. The van der Waals surface area contributed by atoms with E-state index in [1.165, 1.54) is 13.0 Å². The van der Waals surface area contributed by atoms with Gasteiger partial charge in [0.25, 0.3) is 5.69 Å². The van der Waals surface area contributed by atoms with Crippen LogP contribution in [-0.4, -0.2) is 23.6 Å². The standard InChI is InChI=1S/C11H11NO5/c1-3-17-10-5-4-9(12(15)16)11(7(2)14)8(10)6-13/h4-6H,3H2,1-2H3. The highest BCUT2D eigenvalue weighted by atomic mass is 16.6. The Hall–Kier alpha value is -2.24. The largest absolute Gasteiger partial charge is 0.493 e. The molecule has 6 nitrogen and oxygen atoms in total. The maximum absolute atomic E-state index is 11.4. The molecule has 1 rings (SSSR count). The fraction of sp³-hybridized carbons (Fsp3) is 0.273. The van der Waals surface area contributed by atoms with Crippen LogP contribution in [0.15, 0.2) is 12.1 Å². The van der Waals surface area contributed by atoms with E-state index in [-0.39, 0.29) is 22.6 Å². The molecule has 0 radical (unpaired) electrons. The summed E-state index contributed by atoms with van der Waals surface area (Å²) in [6, 6.07) is 2.48. The van der Waals surface area contributed by atoms with Gasteiger partial charge in [-0.05, 0) is 19.9 Å². The van der Waals surface area contributed by atoms with Crippen LogP contribution in [0.2, 0.25) is 0 Å². The molecule has 17 heavy (non-hydrogen) atoms. The van der Waals surface area contributed by atoms with E-state index in [9.17, 15) is 19.7 Å². The highest BCUT2D eigenvalue weighted by Crippen LogP contribution is 2.29. The van der Waals surface area contributed by atoms with Crippen molar-refractivity contribution in [3.8, 4) is 5.75 Å². The quantitative estimate of drug-likeness (QED) is 0.338. The lowest BCUT2D eigenvalue weighted by Gasteiger charge is -2.09. The van der Waals surface area contributed by atoms with Crippen molar-refractivity contribution in [1.29, 1.82) is 0 Å². The molecule has 0 aliphatic rings. The van der Waals surface area contributed by atoms with E-state index in [2.05, 4.69) is 0 Å². The van der Waals surface area contributed by atoms with Crippen LogP contribution in [0.3, 0.4) is 0 Å². The van der Waals surface area contributed by atoms with Crippen molar-refractivity contribution >= 4 is 17.8 Å². The molecule has 0 saturated carbocycles. The molecule has 0 spiro atoms. The van der Waals surface area contributed by atoms with Gasteiger partial charge in [-0.1, -0.05) is 0 Å². The number of carbonyl (C=O) groups excluding carboxylic acids is 2. The molecule has 0 heterocycles. The minimum absolute atomic E-state index is 0.0754. The van der Waals surface area contributed by atoms with Gasteiger partial charge in [0.1, 0.15) is 11.3 Å². The van der Waals surface area contributed by atoms with Crippen molar-refractivity contribution in [1.82, 2.24) is 0 Å². The number of nitro groups is 1. The monoisotopic (exact) mass is 237 g/mol. The van der Waals surface area contributed by atoms with Crippen LogP contribution >= 0.6 is 0 Å². The molecule has 0 N–H and O–H groups in total. The predicted molar refractivity (Wildman–Crippen MR) is 59.7 cm³/mol. The van der Waals surface area contributed by atoms with E-state index >= 15 is 0 Å². The van der Waals surface area contributed by atoms with Crippen LogP contribution in [0.25, 0.3) is 0 Å². The lowest BCUT2D eigenvalue weighted by atomic mass is 10.0. The first-order chi connectivity index (χ1) is 8.02. The Bertz CT molecular complexity index is 481. The summed E-state index contributed by atoms with van der Waals surface area (Å²) in [5, 5.41) is 10.8. The van der Waals surface area contributed by atoms with Gasteiger partial charge < -0.3 is 4.74 Å². The first-order valence-corrected chi connectivity index (χ1v) is 4.93. The maximum Gasteiger partial charge on any atom is 0.281 e. The molecule has 0 amide bonds. The minimum atomic E-state index is -0.695. The Kier molecular flexibility index (Phi) is 3.92. The number of nitro benzene ring substituents is 1. The number of carbonyl (C=O) groups is 2. The number of Topliss-reactive ketones (excluding diaryl/α,β-unsaturated/α-hetero) is 1. The number of aldehydes is 1. The van der Waals surface area contributed by atoms with Crippen molar-refractivity contribution in [3.63, 3.8) is 0 Å². The number of ketones is 1. The predicted octanol–water partition coefficient (Wildman–Crippen LogP) is 2.01. The van der Waals surface area contributed by atoms with Gasteiger partial charge in [-0.15, -0.1) is 0 Å². The third-order valence-electron chi connectivity index (χ3n) is 2.15. The number of ether oxygens (including phenoxy) is 1. The summed E-state index contributed by atoms with van der Waals surface area (Å²) in [6.07, 6.45) is 0.398. The molecular formula is C11H11NO5. The summed E-state index contributed by atoms with van der Waals surface area (Å²) in [6.45, 7) is 3.19.